The van der Waals surface area contributed by atoms with Gasteiger partial charge in [0.1, 0.15) is 11.3 Å². The summed E-state index contributed by atoms with van der Waals surface area (Å²) in [5, 5.41) is 0.529. The first-order valence-corrected chi connectivity index (χ1v) is 11.4. The number of carbonyl (C=O) groups excluding carboxylic acids is 1. The lowest BCUT2D eigenvalue weighted by molar-refractivity contribution is 0.0728. The van der Waals surface area contributed by atoms with Crippen molar-refractivity contribution >= 4 is 16.9 Å². The molecule has 2 heterocycles. The van der Waals surface area contributed by atoms with Crippen molar-refractivity contribution in [3.8, 4) is 5.75 Å². The molecule has 0 N–H and O–H groups in total. The van der Waals surface area contributed by atoms with Gasteiger partial charge in [-0.1, -0.05) is 39.0 Å². The number of hydrogen-bond donors (Lipinski definition) is 0. The van der Waals surface area contributed by atoms with E-state index in [1.54, 1.807) is 4.90 Å². The fourth-order valence-electron chi connectivity index (χ4n) is 4.48. The SMILES string of the molecule is CCCN1C(=O)c2oc3c(C)cc(C)cc3c(=O)c2C1c1cccc(OCCC(C)C)c1. The molecule has 0 fully saturated rings. The monoisotopic (exact) mass is 433 g/mol. The minimum Gasteiger partial charge on any atom is -0.494 e. The normalized spacial score (nSPS) is 15.6. The Bertz CT molecular complexity index is 1220. The zero-order valence-electron chi connectivity index (χ0n) is 19.5. The van der Waals surface area contributed by atoms with Gasteiger partial charge in [0.25, 0.3) is 5.91 Å². The Balaban J connectivity index is 1.85. The van der Waals surface area contributed by atoms with Crippen LogP contribution >= 0.6 is 0 Å². The van der Waals surface area contributed by atoms with Gasteiger partial charge in [0.05, 0.1) is 23.6 Å². The topological polar surface area (TPSA) is 59.8 Å². The average Bonchev–Trinajstić information content (AvgIpc) is 3.02. The second kappa shape index (κ2) is 8.81. The Morgan fingerprint density at radius 3 is 2.62 bits per heavy atom. The van der Waals surface area contributed by atoms with Crippen LogP contribution in [0.25, 0.3) is 11.0 Å². The quantitative estimate of drug-likeness (QED) is 0.473. The molecule has 168 valence electrons. The highest BCUT2D eigenvalue weighted by molar-refractivity contribution is 5.99. The van der Waals surface area contributed by atoms with Crippen molar-refractivity contribution in [3.05, 3.63) is 74.6 Å². The molecule has 3 aromatic rings. The molecule has 1 aliphatic heterocycles. The average molecular weight is 434 g/mol. The van der Waals surface area contributed by atoms with Gasteiger partial charge in [-0.2, -0.15) is 0 Å². The maximum atomic E-state index is 13.7. The van der Waals surface area contributed by atoms with Crippen molar-refractivity contribution in [1.29, 1.82) is 0 Å². The molecule has 2 aromatic carbocycles. The van der Waals surface area contributed by atoms with Crippen molar-refractivity contribution in [1.82, 2.24) is 4.90 Å². The first kappa shape index (κ1) is 22.1. The highest BCUT2D eigenvalue weighted by Crippen LogP contribution is 2.39. The number of ether oxygens (including phenoxy) is 1. The van der Waals surface area contributed by atoms with Crippen LogP contribution in [0.1, 0.15) is 72.5 Å². The fraction of sp³-hybridized carbons (Fsp3) is 0.407. The molecule has 1 unspecified atom stereocenters. The molecule has 1 aliphatic rings. The number of amides is 1. The molecule has 1 amide bonds. The van der Waals surface area contributed by atoms with Gasteiger partial charge < -0.3 is 14.1 Å². The van der Waals surface area contributed by atoms with Crippen molar-refractivity contribution in [2.75, 3.05) is 13.2 Å². The predicted octanol–water partition coefficient (Wildman–Crippen LogP) is 5.79. The van der Waals surface area contributed by atoms with Crippen molar-refractivity contribution in [2.24, 2.45) is 5.92 Å². The van der Waals surface area contributed by atoms with Crippen LogP contribution in [0.4, 0.5) is 0 Å². The number of rotatable bonds is 7. The maximum absolute atomic E-state index is 13.7. The number of benzene rings is 2. The van der Waals surface area contributed by atoms with E-state index in [1.807, 2.05) is 57.2 Å². The Morgan fingerprint density at radius 1 is 1.12 bits per heavy atom. The Hall–Kier alpha value is -3.08. The van der Waals surface area contributed by atoms with Crippen molar-refractivity contribution in [3.63, 3.8) is 0 Å². The van der Waals surface area contributed by atoms with Crippen LogP contribution in [0.5, 0.6) is 5.75 Å². The van der Waals surface area contributed by atoms with E-state index in [0.29, 0.717) is 35.6 Å². The summed E-state index contributed by atoms with van der Waals surface area (Å²) in [6, 6.07) is 11.1. The number of aryl methyl sites for hydroxylation is 2. The first-order chi connectivity index (χ1) is 15.3. The smallest absolute Gasteiger partial charge is 0.290 e. The van der Waals surface area contributed by atoms with Crippen LogP contribution in [0.3, 0.4) is 0 Å². The van der Waals surface area contributed by atoms with E-state index in [-0.39, 0.29) is 17.1 Å². The van der Waals surface area contributed by atoms with E-state index < -0.39 is 6.04 Å². The number of hydrogen-bond acceptors (Lipinski definition) is 4. The molecule has 1 atom stereocenters. The Morgan fingerprint density at radius 2 is 1.91 bits per heavy atom. The summed E-state index contributed by atoms with van der Waals surface area (Å²) < 4.78 is 12.1. The van der Waals surface area contributed by atoms with E-state index in [0.717, 1.165) is 35.3 Å². The molecule has 5 heteroatoms. The van der Waals surface area contributed by atoms with Gasteiger partial charge in [-0.25, -0.2) is 0 Å². The van der Waals surface area contributed by atoms with E-state index in [2.05, 4.69) is 13.8 Å². The largest absolute Gasteiger partial charge is 0.494 e. The van der Waals surface area contributed by atoms with Gasteiger partial charge in [0, 0.05) is 6.54 Å². The molecule has 0 radical (unpaired) electrons. The molecular formula is C27H31NO4. The molecule has 4 rings (SSSR count). The third kappa shape index (κ3) is 3.92. The number of carbonyl (C=O) groups is 1. The predicted molar refractivity (Wildman–Crippen MR) is 127 cm³/mol. The van der Waals surface area contributed by atoms with Gasteiger partial charge in [-0.15, -0.1) is 0 Å². The van der Waals surface area contributed by atoms with Gasteiger partial charge >= 0.3 is 0 Å². The lowest BCUT2D eigenvalue weighted by Crippen LogP contribution is -2.30. The van der Waals surface area contributed by atoms with E-state index in [9.17, 15) is 9.59 Å². The minimum absolute atomic E-state index is 0.129. The molecule has 1 aromatic heterocycles. The van der Waals surface area contributed by atoms with Crippen molar-refractivity contribution in [2.45, 2.75) is 53.5 Å². The summed E-state index contributed by atoms with van der Waals surface area (Å²) in [7, 11) is 0. The van der Waals surface area contributed by atoms with E-state index in [1.165, 1.54) is 0 Å². The third-order valence-corrected chi connectivity index (χ3v) is 6.00. The summed E-state index contributed by atoms with van der Waals surface area (Å²) in [5.74, 6) is 1.25. The zero-order valence-corrected chi connectivity index (χ0v) is 19.5. The van der Waals surface area contributed by atoms with Crippen LogP contribution in [0, 0.1) is 19.8 Å². The summed E-state index contributed by atoms with van der Waals surface area (Å²) >= 11 is 0. The van der Waals surface area contributed by atoms with Gasteiger partial charge in [0.2, 0.25) is 5.76 Å². The zero-order chi connectivity index (χ0) is 23.0. The number of fused-ring (bicyclic) bond motifs is 2. The van der Waals surface area contributed by atoms with Crippen LogP contribution in [0.2, 0.25) is 0 Å². The second-order valence-electron chi connectivity index (χ2n) is 9.14. The second-order valence-corrected chi connectivity index (χ2v) is 9.14. The summed E-state index contributed by atoms with van der Waals surface area (Å²) in [4.78, 5) is 28.8. The highest BCUT2D eigenvalue weighted by Gasteiger charge is 2.42. The molecule has 0 bridgehead atoms. The first-order valence-electron chi connectivity index (χ1n) is 11.4. The van der Waals surface area contributed by atoms with E-state index >= 15 is 0 Å². The third-order valence-electron chi connectivity index (χ3n) is 6.00. The fourth-order valence-corrected chi connectivity index (χ4v) is 4.48. The Kier molecular flexibility index (Phi) is 6.09. The molecule has 32 heavy (non-hydrogen) atoms. The van der Waals surface area contributed by atoms with E-state index in [4.69, 9.17) is 9.15 Å². The Labute approximate surface area is 189 Å². The van der Waals surface area contributed by atoms with Gasteiger partial charge in [-0.05, 0) is 67.5 Å². The van der Waals surface area contributed by atoms with Crippen LogP contribution in [-0.4, -0.2) is 24.0 Å². The minimum atomic E-state index is -0.479. The highest BCUT2D eigenvalue weighted by atomic mass is 16.5. The molecule has 0 saturated heterocycles. The van der Waals surface area contributed by atoms with Gasteiger partial charge in [-0.3, -0.25) is 9.59 Å². The van der Waals surface area contributed by atoms with Crippen LogP contribution in [-0.2, 0) is 0 Å². The summed E-state index contributed by atoms with van der Waals surface area (Å²) in [6.07, 6.45) is 1.75. The molecule has 5 nitrogen and oxygen atoms in total. The van der Waals surface area contributed by atoms with Crippen molar-refractivity contribution < 1.29 is 13.9 Å². The number of nitrogens with zero attached hydrogens (tertiary/aromatic N) is 1. The van der Waals surface area contributed by atoms with Crippen LogP contribution in [0.15, 0.2) is 45.6 Å². The molecule has 0 saturated carbocycles. The lowest BCUT2D eigenvalue weighted by atomic mass is 9.97. The molecule has 0 aliphatic carbocycles. The standard InChI is InChI=1S/C27H31NO4/c1-6-11-28-23(19-8-7-9-20(15-19)31-12-10-16(2)3)22-24(29)21-14-17(4)13-18(5)25(21)32-26(22)27(28)30/h7-9,13-16,23H,6,10-12H2,1-5H3. The maximum Gasteiger partial charge on any atom is 0.290 e. The van der Waals surface area contributed by atoms with Crippen LogP contribution < -0.4 is 10.2 Å². The molecular weight excluding hydrogens is 402 g/mol. The summed E-state index contributed by atoms with van der Waals surface area (Å²) in [5.41, 5.74) is 3.52. The summed E-state index contributed by atoms with van der Waals surface area (Å²) in [6.45, 7) is 11.4. The lowest BCUT2D eigenvalue weighted by Gasteiger charge is -2.25. The van der Waals surface area contributed by atoms with Gasteiger partial charge in [0.15, 0.2) is 5.43 Å². The molecule has 0 spiro atoms.